The van der Waals surface area contributed by atoms with E-state index in [2.05, 4.69) is 54.5 Å². The number of hydrogen-bond donors (Lipinski definition) is 1. The van der Waals surface area contributed by atoms with Crippen LogP contribution >= 0.6 is 7.82 Å². The lowest BCUT2D eigenvalue weighted by Gasteiger charge is -2.26. The van der Waals surface area contributed by atoms with Crippen molar-refractivity contribution in [3.63, 3.8) is 0 Å². The Kier molecular flexibility index (Phi) is 15.7. The summed E-state index contributed by atoms with van der Waals surface area (Å²) >= 11 is 0. The summed E-state index contributed by atoms with van der Waals surface area (Å²) in [5.74, 6) is 0. The maximum Gasteiger partial charge on any atom is 0.0969 e. The molecule has 0 fully saturated rings. The molecule has 0 saturated heterocycles. The highest BCUT2D eigenvalue weighted by Gasteiger charge is 2.08. The molecule has 0 saturated carbocycles. The first-order valence-corrected chi connectivity index (χ1v) is 8.56. The first kappa shape index (κ1) is 26.9. The van der Waals surface area contributed by atoms with Gasteiger partial charge in [0.15, 0.2) is 0 Å². The lowest BCUT2D eigenvalue weighted by Crippen LogP contribution is -2.39. The average molecular weight is 348 g/mol. The molecule has 0 spiro atoms. The average Bonchev–Trinajstić information content (AvgIpc) is 2.26. The van der Waals surface area contributed by atoms with Crippen LogP contribution in [0.1, 0.15) is 0 Å². The van der Waals surface area contributed by atoms with Crippen LogP contribution in [0.2, 0.25) is 0 Å². The molecule has 0 atom stereocenters. The third-order valence-electron chi connectivity index (χ3n) is 2.49. The Bertz CT molecular complexity index is 341. The van der Waals surface area contributed by atoms with Gasteiger partial charge in [-0.3, -0.25) is 0 Å². The first-order chi connectivity index (χ1) is 10.2. The summed E-state index contributed by atoms with van der Waals surface area (Å²) in [6.45, 7) is 18.7. The van der Waals surface area contributed by atoms with Gasteiger partial charge < -0.3 is 28.2 Å². The topological polar surface area (TPSA) is 83.4 Å². The van der Waals surface area contributed by atoms with Gasteiger partial charge in [-0.1, -0.05) is 26.3 Å². The minimum atomic E-state index is -5.14. The normalized spacial score (nSPS) is 11.1. The van der Waals surface area contributed by atoms with Crippen LogP contribution in [0.5, 0.6) is 0 Å². The van der Waals surface area contributed by atoms with Crippen molar-refractivity contribution >= 4 is 7.82 Å². The van der Waals surface area contributed by atoms with Crippen LogP contribution in [0.4, 0.5) is 0 Å². The van der Waals surface area contributed by atoms with Crippen molar-refractivity contribution in [3.05, 3.63) is 50.6 Å². The second-order valence-electron chi connectivity index (χ2n) is 6.23. The fourth-order valence-electron chi connectivity index (χ4n) is 1.55. The molecule has 0 radical (unpaired) electrons. The fourth-order valence-corrected chi connectivity index (χ4v) is 1.55. The van der Waals surface area contributed by atoms with E-state index in [9.17, 15) is 0 Å². The Morgan fingerprint density at radius 2 is 0.913 bits per heavy atom. The van der Waals surface area contributed by atoms with Crippen LogP contribution in [0.3, 0.4) is 0 Å². The zero-order valence-electron chi connectivity index (χ0n) is 15.0. The van der Waals surface area contributed by atoms with E-state index < -0.39 is 7.82 Å². The number of likely N-dealkylation sites (N-methyl/N-ethyl adjacent to an activating group) is 2. The summed E-state index contributed by atoms with van der Waals surface area (Å²) in [5, 5.41) is 0. The highest BCUT2D eigenvalue weighted by atomic mass is 31.2. The second-order valence-corrected chi connectivity index (χ2v) is 7.16. The van der Waals surface area contributed by atoms with Crippen molar-refractivity contribution in [2.75, 3.05) is 54.4 Å². The molecule has 0 rings (SSSR count). The number of nitrogens with zero attached hydrogens (tertiary/aromatic N) is 2. The molecule has 6 nitrogen and oxygen atoms in total. The summed E-state index contributed by atoms with van der Waals surface area (Å²) in [6, 6.07) is 0. The Morgan fingerprint density at radius 3 is 1.00 bits per heavy atom. The van der Waals surface area contributed by atoms with E-state index in [0.29, 0.717) is 0 Å². The van der Waals surface area contributed by atoms with Crippen molar-refractivity contribution in [2.24, 2.45) is 0 Å². The molecule has 7 heteroatoms. The summed E-state index contributed by atoms with van der Waals surface area (Å²) in [6.07, 6.45) is 7.74. The third-order valence-corrected chi connectivity index (χ3v) is 2.49. The van der Waals surface area contributed by atoms with E-state index >= 15 is 0 Å². The quantitative estimate of drug-likeness (QED) is 0.397. The fraction of sp³-hybridized carbons (Fsp3) is 0.500. The number of quaternary nitrogens is 2. The molecule has 136 valence electrons. The van der Waals surface area contributed by atoms with Crippen LogP contribution in [0, 0.1) is 0 Å². The molecule has 23 heavy (non-hydrogen) atoms. The summed E-state index contributed by atoms with van der Waals surface area (Å²) < 4.78 is 10.6. The Morgan fingerprint density at radius 1 is 0.783 bits per heavy atom. The van der Waals surface area contributed by atoms with Gasteiger partial charge in [-0.15, -0.1) is 0 Å². The van der Waals surface area contributed by atoms with Gasteiger partial charge in [-0.05, 0) is 24.3 Å². The van der Waals surface area contributed by atoms with Gasteiger partial charge in [-0.2, -0.15) is 0 Å². The Balaban J connectivity index is -0.000000273. The number of rotatable bonds is 8. The largest absolute Gasteiger partial charge is 0.790 e. The van der Waals surface area contributed by atoms with Gasteiger partial charge >= 0.3 is 0 Å². The molecule has 0 amide bonds. The molecule has 1 N–H and O–H groups in total. The van der Waals surface area contributed by atoms with Gasteiger partial charge in [0.25, 0.3) is 0 Å². The van der Waals surface area contributed by atoms with Gasteiger partial charge in [-0.25, -0.2) is 0 Å². The molecule has 0 aliphatic carbocycles. The van der Waals surface area contributed by atoms with E-state index in [0.717, 1.165) is 35.1 Å². The second kappa shape index (κ2) is 13.4. The Hall–Kier alpha value is -1.01. The van der Waals surface area contributed by atoms with Crippen LogP contribution in [-0.4, -0.2) is 68.2 Å². The molecule has 0 aromatic rings. The van der Waals surface area contributed by atoms with E-state index in [-0.39, 0.29) is 0 Å². The molecule has 0 unspecified atom stereocenters. The highest BCUT2D eigenvalue weighted by molar-refractivity contribution is 7.42. The van der Waals surface area contributed by atoms with Crippen molar-refractivity contribution in [1.82, 2.24) is 0 Å². The molecular weight excluding hydrogens is 315 g/mol. The maximum atomic E-state index is 8.66. The zero-order chi connectivity index (χ0) is 19.2. The van der Waals surface area contributed by atoms with E-state index in [1.165, 1.54) is 0 Å². The van der Waals surface area contributed by atoms with Gasteiger partial charge in [0.1, 0.15) is 0 Å². The summed E-state index contributed by atoms with van der Waals surface area (Å²) in [7, 11) is 3.49. The van der Waals surface area contributed by atoms with Crippen LogP contribution in [0.25, 0.3) is 0 Å². The van der Waals surface area contributed by atoms with Crippen LogP contribution < -0.4 is 9.79 Å². The standard InChI is InChI=1S/2C8H16N.H3O4P/c2*1-5-7-9(3,4)8-6-2;1-5(2,3)4/h2*5-6H,1-2,7-8H2,3-4H3;(H3,1,2,3,4)/q2*+1;/p-2. The van der Waals surface area contributed by atoms with E-state index in [4.69, 9.17) is 19.2 Å². The molecule has 0 aliphatic rings. The minimum absolute atomic E-state index is 0.951. The molecular formula is C16H33N2O4P. The number of hydrogen-bond acceptors (Lipinski definition) is 3. The number of phosphoric acid groups is 1. The van der Waals surface area contributed by atoms with Crippen molar-refractivity contribution in [2.45, 2.75) is 0 Å². The van der Waals surface area contributed by atoms with Gasteiger partial charge in [0.05, 0.1) is 62.2 Å². The predicted molar refractivity (Wildman–Crippen MR) is 94.3 cm³/mol. The van der Waals surface area contributed by atoms with Gasteiger partial charge in [0.2, 0.25) is 0 Å². The van der Waals surface area contributed by atoms with Crippen LogP contribution in [0.15, 0.2) is 50.6 Å². The lowest BCUT2D eigenvalue weighted by molar-refractivity contribution is -0.878. The van der Waals surface area contributed by atoms with Crippen LogP contribution in [-0.2, 0) is 4.57 Å². The molecule has 0 aromatic carbocycles. The molecule has 0 aromatic heterocycles. The van der Waals surface area contributed by atoms with Crippen molar-refractivity contribution in [1.29, 1.82) is 0 Å². The SMILES string of the molecule is C=CC[N+](C)(C)CC=C.C=CC[N+](C)(C)CC=C.O=P([O-])([O-])O. The minimum Gasteiger partial charge on any atom is -0.790 e. The smallest absolute Gasteiger partial charge is 0.0969 e. The predicted octanol–water partition coefficient (Wildman–Crippen LogP) is 0.677. The maximum absolute atomic E-state index is 8.66. The zero-order valence-corrected chi connectivity index (χ0v) is 15.9. The monoisotopic (exact) mass is 348 g/mol. The lowest BCUT2D eigenvalue weighted by atomic mass is 10.4. The molecule has 0 heterocycles. The van der Waals surface area contributed by atoms with E-state index in [1.54, 1.807) is 0 Å². The van der Waals surface area contributed by atoms with E-state index in [1.807, 2.05) is 24.3 Å². The summed E-state index contributed by atoms with van der Waals surface area (Å²) in [4.78, 5) is 24.3. The van der Waals surface area contributed by atoms with Crippen molar-refractivity contribution < 1.29 is 28.2 Å². The van der Waals surface area contributed by atoms with Crippen molar-refractivity contribution in [3.8, 4) is 0 Å². The molecule has 0 aliphatic heterocycles. The van der Waals surface area contributed by atoms with Gasteiger partial charge in [0, 0.05) is 0 Å². The Labute approximate surface area is 141 Å². The first-order valence-electron chi connectivity index (χ1n) is 7.07. The molecule has 0 bridgehead atoms. The third kappa shape index (κ3) is 33.7. The summed E-state index contributed by atoms with van der Waals surface area (Å²) in [5.41, 5.74) is 0. The highest BCUT2D eigenvalue weighted by Crippen LogP contribution is 2.11.